The van der Waals surface area contributed by atoms with Gasteiger partial charge in [-0.25, -0.2) is 10.1 Å². The summed E-state index contributed by atoms with van der Waals surface area (Å²) in [6.45, 7) is 2.04. The highest BCUT2D eigenvalue weighted by Crippen LogP contribution is 2.31. The average Bonchev–Trinajstić information content (AvgIpc) is 3.38. The SMILES string of the molecule is Cc1cccc(-n2nc(C(=O)N/N=C\c3cccc4ccccc34)cc2-c2cccc3ccccc23)c1. The molecular formula is C32H24N4O. The van der Waals surface area contributed by atoms with E-state index in [1.54, 1.807) is 6.21 Å². The van der Waals surface area contributed by atoms with Gasteiger partial charge >= 0.3 is 0 Å². The van der Waals surface area contributed by atoms with Crippen molar-refractivity contribution in [2.45, 2.75) is 6.92 Å². The molecule has 1 heterocycles. The lowest BCUT2D eigenvalue weighted by Gasteiger charge is -2.10. The van der Waals surface area contributed by atoms with Crippen LogP contribution >= 0.6 is 0 Å². The number of nitrogens with one attached hydrogen (secondary N) is 1. The van der Waals surface area contributed by atoms with E-state index >= 15 is 0 Å². The normalized spacial score (nSPS) is 11.4. The Kier molecular flexibility index (Phi) is 5.79. The van der Waals surface area contributed by atoms with Gasteiger partial charge in [-0.3, -0.25) is 4.79 Å². The van der Waals surface area contributed by atoms with Crippen LogP contribution in [0.2, 0.25) is 0 Å². The molecule has 0 fully saturated rings. The Morgan fingerprint density at radius 3 is 2.27 bits per heavy atom. The molecule has 5 heteroatoms. The van der Waals surface area contributed by atoms with Crippen molar-refractivity contribution in [2.24, 2.45) is 5.10 Å². The molecule has 0 aliphatic heterocycles. The highest BCUT2D eigenvalue weighted by Gasteiger charge is 2.18. The Labute approximate surface area is 214 Å². The number of fused-ring (bicyclic) bond motifs is 2. The predicted octanol–water partition coefficient (Wildman–Crippen LogP) is 6.92. The number of hydrogen-bond donors (Lipinski definition) is 1. The van der Waals surface area contributed by atoms with Crippen LogP contribution in [-0.2, 0) is 0 Å². The van der Waals surface area contributed by atoms with Crippen LogP contribution in [0, 0.1) is 6.92 Å². The minimum Gasteiger partial charge on any atom is -0.265 e. The van der Waals surface area contributed by atoms with Crippen molar-refractivity contribution < 1.29 is 4.79 Å². The molecule has 0 saturated heterocycles. The number of hydrazone groups is 1. The van der Waals surface area contributed by atoms with Crippen LogP contribution in [0.15, 0.2) is 120 Å². The molecule has 0 aliphatic rings. The quantitative estimate of drug-likeness (QED) is 0.215. The summed E-state index contributed by atoms with van der Waals surface area (Å²) in [6.07, 6.45) is 1.67. The molecule has 37 heavy (non-hydrogen) atoms. The topological polar surface area (TPSA) is 59.3 Å². The summed E-state index contributed by atoms with van der Waals surface area (Å²) in [5, 5.41) is 13.4. The van der Waals surface area contributed by atoms with Gasteiger partial charge in [-0.15, -0.1) is 0 Å². The van der Waals surface area contributed by atoms with Gasteiger partial charge < -0.3 is 0 Å². The number of carbonyl (C=O) groups excluding carboxylic acids is 1. The summed E-state index contributed by atoms with van der Waals surface area (Å²) in [7, 11) is 0. The molecule has 5 aromatic carbocycles. The van der Waals surface area contributed by atoms with Crippen LogP contribution in [0.25, 0.3) is 38.5 Å². The van der Waals surface area contributed by atoms with E-state index in [0.29, 0.717) is 5.69 Å². The molecule has 0 bridgehead atoms. The summed E-state index contributed by atoms with van der Waals surface area (Å²) in [5.74, 6) is -0.371. The van der Waals surface area contributed by atoms with Crippen molar-refractivity contribution in [1.29, 1.82) is 0 Å². The van der Waals surface area contributed by atoms with Gasteiger partial charge in [0, 0.05) is 11.1 Å². The molecule has 1 amide bonds. The van der Waals surface area contributed by atoms with Crippen molar-refractivity contribution in [3.63, 3.8) is 0 Å². The Morgan fingerprint density at radius 2 is 1.46 bits per heavy atom. The van der Waals surface area contributed by atoms with E-state index in [-0.39, 0.29) is 5.91 Å². The second kappa shape index (κ2) is 9.55. The molecule has 0 spiro atoms. The second-order valence-corrected chi connectivity index (χ2v) is 8.96. The van der Waals surface area contributed by atoms with Gasteiger partial charge in [0.25, 0.3) is 5.91 Å². The molecule has 5 nitrogen and oxygen atoms in total. The zero-order chi connectivity index (χ0) is 25.2. The van der Waals surface area contributed by atoms with Gasteiger partial charge in [0.05, 0.1) is 17.6 Å². The molecule has 178 valence electrons. The maximum absolute atomic E-state index is 13.2. The third kappa shape index (κ3) is 4.39. The predicted molar refractivity (Wildman–Crippen MR) is 150 cm³/mol. The lowest BCUT2D eigenvalue weighted by Crippen LogP contribution is -2.18. The standard InChI is InChI=1S/C32H24N4O/c1-22-9-6-15-26(19-22)36-31(29-18-8-13-24-11-3-5-17-28(24)29)20-30(35-36)32(37)34-33-21-25-14-7-12-23-10-2-4-16-27(23)25/h2-21H,1H3,(H,34,37)/b33-21-. The first-order chi connectivity index (χ1) is 18.2. The number of carbonyl (C=O) groups is 1. The Morgan fingerprint density at radius 1 is 0.784 bits per heavy atom. The maximum atomic E-state index is 13.2. The average molecular weight is 481 g/mol. The van der Waals surface area contributed by atoms with Crippen LogP contribution in [0.4, 0.5) is 0 Å². The van der Waals surface area contributed by atoms with Crippen molar-refractivity contribution in [2.75, 3.05) is 0 Å². The summed E-state index contributed by atoms with van der Waals surface area (Å²) < 4.78 is 1.83. The van der Waals surface area contributed by atoms with E-state index in [9.17, 15) is 4.79 Å². The van der Waals surface area contributed by atoms with E-state index < -0.39 is 0 Å². The van der Waals surface area contributed by atoms with Crippen LogP contribution < -0.4 is 5.43 Å². The summed E-state index contributed by atoms with van der Waals surface area (Å²) in [5.41, 5.74) is 7.73. The van der Waals surface area contributed by atoms with Crippen molar-refractivity contribution in [3.8, 4) is 16.9 Å². The molecule has 0 saturated carbocycles. The van der Waals surface area contributed by atoms with Crippen molar-refractivity contribution in [1.82, 2.24) is 15.2 Å². The van der Waals surface area contributed by atoms with Gasteiger partial charge in [-0.05, 0) is 52.2 Å². The fraction of sp³-hybridized carbons (Fsp3) is 0.0312. The highest BCUT2D eigenvalue weighted by molar-refractivity contribution is 6.01. The first kappa shape index (κ1) is 22.4. The van der Waals surface area contributed by atoms with Crippen molar-refractivity contribution >= 4 is 33.7 Å². The number of aryl methyl sites for hydroxylation is 1. The number of rotatable bonds is 5. The van der Waals surface area contributed by atoms with E-state index in [1.807, 2.05) is 84.4 Å². The summed E-state index contributed by atoms with van der Waals surface area (Å²) in [6, 6.07) is 38.4. The molecule has 1 aromatic heterocycles. The van der Waals surface area contributed by atoms with Gasteiger partial charge in [0.15, 0.2) is 5.69 Å². The lowest BCUT2D eigenvalue weighted by atomic mass is 10.0. The molecule has 0 unspecified atom stereocenters. The number of aromatic nitrogens is 2. The summed E-state index contributed by atoms with van der Waals surface area (Å²) in [4.78, 5) is 13.2. The fourth-order valence-electron chi connectivity index (χ4n) is 4.67. The first-order valence-electron chi connectivity index (χ1n) is 12.1. The zero-order valence-corrected chi connectivity index (χ0v) is 20.3. The van der Waals surface area contributed by atoms with Gasteiger partial charge in [-0.2, -0.15) is 10.2 Å². The fourth-order valence-corrected chi connectivity index (χ4v) is 4.67. The lowest BCUT2D eigenvalue weighted by molar-refractivity contribution is 0.0949. The van der Waals surface area contributed by atoms with Crippen molar-refractivity contribution in [3.05, 3.63) is 132 Å². The molecule has 0 aliphatic carbocycles. The number of benzene rings is 5. The Bertz CT molecular complexity index is 1790. The van der Waals surface area contributed by atoms with E-state index in [4.69, 9.17) is 5.10 Å². The largest absolute Gasteiger partial charge is 0.291 e. The first-order valence-corrected chi connectivity index (χ1v) is 12.1. The highest BCUT2D eigenvalue weighted by atomic mass is 16.2. The van der Waals surface area contributed by atoms with Gasteiger partial charge in [0.2, 0.25) is 0 Å². The summed E-state index contributed by atoms with van der Waals surface area (Å²) >= 11 is 0. The third-order valence-electron chi connectivity index (χ3n) is 6.45. The minimum atomic E-state index is -0.371. The van der Waals surface area contributed by atoms with E-state index in [0.717, 1.165) is 49.6 Å². The number of hydrogen-bond acceptors (Lipinski definition) is 3. The number of amides is 1. The van der Waals surface area contributed by atoms with E-state index in [2.05, 4.69) is 53.0 Å². The minimum absolute atomic E-state index is 0.291. The molecule has 1 N–H and O–H groups in total. The van der Waals surface area contributed by atoms with Gasteiger partial charge in [0.1, 0.15) is 0 Å². The molecule has 0 radical (unpaired) electrons. The van der Waals surface area contributed by atoms with Gasteiger partial charge in [-0.1, -0.05) is 97.1 Å². The van der Waals surface area contributed by atoms with Crippen LogP contribution in [0.5, 0.6) is 0 Å². The van der Waals surface area contributed by atoms with E-state index in [1.165, 1.54) is 0 Å². The smallest absolute Gasteiger partial charge is 0.265 e. The molecular weight excluding hydrogens is 456 g/mol. The number of nitrogens with zero attached hydrogens (tertiary/aromatic N) is 3. The zero-order valence-electron chi connectivity index (χ0n) is 20.3. The van der Waals surface area contributed by atoms with Crippen LogP contribution in [0.1, 0.15) is 21.6 Å². The molecule has 0 atom stereocenters. The second-order valence-electron chi connectivity index (χ2n) is 8.96. The molecule has 6 aromatic rings. The van der Waals surface area contributed by atoms with Crippen LogP contribution in [0.3, 0.4) is 0 Å². The maximum Gasteiger partial charge on any atom is 0.291 e. The van der Waals surface area contributed by atoms with Crippen LogP contribution in [-0.4, -0.2) is 21.9 Å². The monoisotopic (exact) mass is 480 g/mol. The molecule has 6 rings (SSSR count). The Hall–Kier alpha value is -5.03. The Balaban J connectivity index is 1.38. The third-order valence-corrected chi connectivity index (χ3v) is 6.45.